The third-order valence-electron chi connectivity index (χ3n) is 1.97. The molecule has 0 saturated carbocycles. The van der Waals surface area contributed by atoms with Gasteiger partial charge in [0, 0.05) is 11.5 Å². The molecule has 0 radical (unpaired) electrons. The Morgan fingerprint density at radius 3 is 2.92 bits per heavy atom. The number of hydrogen-bond acceptors (Lipinski definition) is 2. The van der Waals surface area contributed by atoms with E-state index in [1.165, 1.54) is 6.20 Å². The van der Waals surface area contributed by atoms with Crippen molar-refractivity contribution >= 4 is 10.9 Å². The van der Waals surface area contributed by atoms with Gasteiger partial charge in [0.25, 0.3) is 0 Å². The van der Waals surface area contributed by atoms with Crippen LogP contribution in [0.5, 0.6) is 5.75 Å². The molecule has 0 unspecified atom stereocenters. The average Bonchev–Trinajstić information content (AvgIpc) is 2.18. The Balaban J connectivity index is 2.74. The minimum Gasteiger partial charge on any atom is -0.618 e. The van der Waals surface area contributed by atoms with Crippen molar-refractivity contribution in [2.75, 3.05) is 7.11 Å². The van der Waals surface area contributed by atoms with Gasteiger partial charge in [-0.2, -0.15) is 4.73 Å². The summed E-state index contributed by atoms with van der Waals surface area (Å²) in [5.74, 6) is 0.698. The predicted molar refractivity (Wildman–Crippen MR) is 49.5 cm³/mol. The molecule has 0 spiro atoms. The zero-order valence-corrected chi connectivity index (χ0v) is 7.23. The van der Waals surface area contributed by atoms with Crippen molar-refractivity contribution in [2.45, 2.75) is 0 Å². The monoisotopic (exact) mass is 175 g/mol. The molecule has 3 nitrogen and oxygen atoms in total. The maximum absolute atomic E-state index is 11.3. The van der Waals surface area contributed by atoms with E-state index in [1.807, 2.05) is 18.2 Å². The molecule has 1 aromatic heterocycles. The number of aromatic nitrogens is 1. The number of benzene rings is 1. The van der Waals surface area contributed by atoms with Gasteiger partial charge in [0.1, 0.15) is 5.75 Å². The summed E-state index contributed by atoms with van der Waals surface area (Å²) in [4.78, 5) is 0. The average molecular weight is 175 g/mol. The number of rotatable bonds is 1. The number of ether oxygens (including phenoxy) is 1. The highest BCUT2D eigenvalue weighted by Crippen LogP contribution is 2.16. The van der Waals surface area contributed by atoms with E-state index < -0.39 is 0 Å². The number of methoxy groups -OCH3 is 1. The van der Waals surface area contributed by atoms with Gasteiger partial charge in [-0.25, -0.2) is 0 Å². The predicted octanol–water partition coefficient (Wildman–Crippen LogP) is 1.48. The first-order valence-electron chi connectivity index (χ1n) is 3.97. The minimum atomic E-state index is 0.627. The first-order chi connectivity index (χ1) is 6.31. The third kappa shape index (κ3) is 1.28. The number of fused-ring (bicyclic) bond motifs is 1. The van der Waals surface area contributed by atoms with Crippen LogP contribution in [0.1, 0.15) is 0 Å². The van der Waals surface area contributed by atoms with Gasteiger partial charge < -0.3 is 9.94 Å². The fourth-order valence-electron chi connectivity index (χ4n) is 1.29. The second-order valence-corrected chi connectivity index (χ2v) is 2.76. The summed E-state index contributed by atoms with van der Waals surface area (Å²) in [6, 6.07) is 9.04. The van der Waals surface area contributed by atoms with Crippen LogP contribution in [-0.2, 0) is 0 Å². The van der Waals surface area contributed by atoms with E-state index in [0.29, 0.717) is 11.3 Å². The van der Waals surface area contributed by atoms with Crippen LogP contribution in [0.25, 0.3) is 10.9 Å². The molecule has 1 heterocycles. The lowest BCUT2D eigenvalue weighted by molar-refractivity contribution is -0.577. The van der Waals surface area contributed by atoms with Gasteiger partial charge in [0.2, 0.25) is 5.52 Å². The van der Waals surface area contributed by atoms with Crippen LogP contribution in [0.4, 0.5) is 0 Å². The third-order valence-corrected chi connectivity index (χ3v) is 1.97. The number of pyridine rings is 1. The van der Waals surface area contributed by atoms with E-state index in [2.05, 4.69) is 0 Å². The number of hydrogen-bond donors (Lipinski definition) is 0. The standard InChI is InChI=1S/C10H9NO2/c1-13-9-5-4-8-3-2-6-11(12)10(8)7-9/h2-7H,1H3. The van der Waals surface area contributed by atoms with Crippen LogP contribution >= 0.6 is 0 Å². The summed E-state index contributed by atoms with van der Waals surface area (Å²) in [7, 11) is 1.58. The van der Waals surface area contributed by atoms with Crippen molar-refractivity contribution in [3.63, 3.8) is 0 Å². The molecule has 0 saturated heterocycles. The quantitative estimate of drug-likeness (QED) is 0.486. The molecule has 0 N–H and O–H groups in total. The Morgan fingerprint density at radius 1 is 1.31 bits per heavy atom. The minimum absolute atomic E-state index is 0.627. The zero-order valence-electron chi connectivity index (χ0n) is 7.23. The number of nitrogens with zero attached hydrogens (tertiary/aromatic N) is 1. The Labute approximate surface area is 75.8 Å². The molecule has 2 rings (SSSR count). The Hall–Kier alpha value is -1.77. The lowest BCUT2D eigenvalue weighted by atomic mass is 10.2. The second kappa shape index (κ2) is 2.94. The van der Waals surface area contributed by atoms with Crippen molar-refractivity contribution in [1.29, 1.82) is 0 Å². The van der Waals surface area contributed by atoms with Crippen LogP contribution in [-0.4, -0.2) is 7.11 Å². The van der Waals surface area contributed by atoms with Crippen LogP contribution in [0.15, 0.2) is 36.5 Å². The topological polar surface area (TPSA) is 36.2 Å². The second-order valence-electron chi connectivity index (χ2n) is 2.76. The molecule has 0 bridgehead atoms. The first kappa shape index (κ1) is 7.86. The van der Waals surface area contributed by atoms with Gasteiger partial charge in [0.05, 0.1) is 13.2 Å². The summed E-state index contributed by atoms with van der Waals surface area (Å²) < 4.78 is 5.86. The first-order valence-corrected chi connectivity index (χ1v) is 3.97. The van der Waals surface area contributed by atoms with E-state index in [0.717, 1.165) is 10.1 Å². The SMILES string of the molecule is COc1ccc2ccc[n+]([O-])c2c1. The zero-order chi connectivity index (χ0) is 9.26. The molecular formula is C10H9NO2. The molecular weight excluding hydrogens is 166 g/mol. The van der Waals surface area contributed by atoms with Crippen LogP contribution in [0.2, 0.25) is 0 Å². The Bertz CT molecular complexity index is 440. The maximum Gasteiger partial charge on any atom is 0.227 e. The van der Waals surface area contributed by atoms with Gasteiger partial charge in [-0.05, 0) is 18.2 Å². The molecule has 0 aliphatic rings. The molecule has 1 aromatic carbocycles. The Morgan fingerprint density at radius 2 is 2.15 bits per heavy atom. The van der Waals surface area contributed by atoms with E-state index in [-0.39, 0.29) is 0 Å². The highest BCUT2D eigenvalue weighted by atomic mass is 16.5. The molecule has 0 amide bonds. The molecule has 0 atom stereocenters. The van der Waals surface area contributed by atoms with E-state index in [4.69, 9.17) is 4.74 Å². The van der Waals surface area contributed by atoms with Crippen molar-refractivity contribution in [1.82, 2.24) is 0 Å². The summed E-state index contributed by atoms with van der Waals surface area (Å²) in [6.45, 7) is 0. The molecule has 0 fully saturated rings. The van der Waals surface area contributed by atoms with Gasteiger partial charge in [-0.15, -0.1) is 0 Å². The van der Waals surface area contributed by atoms with Crippen molar-refractivity contribution < 1.29 is 9.47 Å². The molecule has 66 valence electrons. The lowest BCUT2D eigenvalue weighted by Crippen LogP contribution is -2.25. The van der Waals surface area contributed by atoms with Crippen LogP contribution < -0.4 is 9.47 Å². The normalized spacial score (nSPS) is 10.2. The highest BCUT2D eigenvalue weighted by Gasteiger charge is 2.03. The Kier molecular flexibility index (Phi) is 1.77. The summed E-state index contributed by atoms with van der Waals surface area (Å²) >= 11 is 0. The van der Waals surface area contributed by atoms with Crippen molar-refractivity contribution in [2.24, 2.45) is 0 Å². The molecule has 13 heavy (non-hydrogen) atoms. The fourth-order valence-corrected chi connectivity index (χ4v) is 1.29. The smallest absolute Gasteiger partial charge is 0.227 e. The largest absolute Gasteiger partial charge is 0.618 e. The summed E-state index contributed by atoms with van der Waals surface area (Å²) in [6.07, 6.45) is 1.47. The van der Waals surface area contributed by atoms with Crippen molar-refractivity contribution in [3.8, 4) is 5.75 Å². The van der Waals surface area contributed by atoms with E-state index >= 15 is 0 Å². The summed E-state index contributed by atoms with van der Waals surface area (Å²) in [5.41, 5.74) is 0.627. The van der Waals surface area contributed by atoms with Gasteiger partial charge >= 0.3 is 0 Å². The van der Waals surface area contributed by atoms with Crippen LogP contribution in [0, 0.1) is 5.21 Å². The molecule has 0 aliphatic heterocycles. The van der Waals surface area contributed by atoms with E-state index in [1.54, 1.807) is 19.2 Å². The summed E-state index contributed by atoms with van der Waals surface area (Å²) in [5, 5.41) is 12.2. The fraction of sp³-hybridized carbons (Fsp3) is 0.100. The van der Waals surface area contributed by atoms with Crippen LogP contribution in [0.3, 0.4) is 0 Å². The molecule has 3 heteroatoms. The van der Waals surface area contributed by atoms with Crippen molar-refractivity contribution in [3.05, 3.63) is 41.7 Å². The lowest BCUT2D eigenvalue weighted by Gasteiger charge is -2.02. The van der Waals surface area contributed by atoms with Gasteiger partial charge in [-0.3, -0.25) is 0 Å². The maximum atomic E-state index is 11.3. The molecule has 2 aromatic rings. The van der Waals surface area contributed by atoms with E-state index in [9.17, 15) is 5.21 Å². The molecule has 0 aliphatic carbocycles. The van der Waals surface area contributed by atoms with Gasteiger partial charge in [0.15, 0.2) is 6.20 Å². The van der Waals surface area contributed by atoms with Gasteiger partial charge in [-0.1, -0.05) is 0 Å². The highest BCUT2D eigenvalue weighted by molar-refractivity contribution is 5.76.